The van der Waals surface area contributed by atoms with Gasteiger partial charge in [-0.1, -0.05) is 6.07 Å². The molecule has 1 amide bonds. The van der Waals surface area contributed by atoms with E-state index in [0.29, 0.717) is 12.4 Å². The third kappa shape index (κ3) is 6.43. The molecule has 0 aliphatic rings. The van der Waals surface area contributed by atoms with E-state index < -0.39 is 17.7 Å². The van der Waals surface area contributed by atoms with Crippen LogP contribution in [-0.4, -0.2) is 38.2 Å². The summed E-state index contributed by atoms with van der Waals surface area (Å²) in [5.41, 5.74) is 0.136. The molecule has 0 atom stereocenters. The van der Waals surface area contributed by atoms with Gasteiger partial charge in [0.25, 0.3) is 5.91 Å². The Hall–Kier alpha value is -3.09. The molecule has 2 aromatic rings. The highest BCUT2D eigenvalue weighted by Crippen LogP contribution is 2.17. The molecule has 0 unspecified atom stereocenters. The van der Waals surface area contributed by atoms with Gasteiger partial charge in [0.1, 0.15) is 37.1 Å². The highest BCUT2D eigenvalue weighted by molar-refractivity contribution is 5.95. The Morgan fingerprint density at radius 1 is 1.00 bits per heavy atom. The van der Waals surface area contributed by atoms with Crippen LogP contribution in [0.4, 0.5) is 4.39 Å². The van der Waals surface area contributed by atoms with Gasteiger partial charge in [-0.05, 0) is 49.4 Å². The summed E-state index contributed by atoms with van der Waals surface area (Å²) in [6.45, 7) is 2.41. The molecule has 0 spiro atoms. The number of esters is 1. The first kappa shape index (κ1) is 19.2. The van der Waals surface area contributed by atoms with Crippen molar-refractivity contribution in [2.75, 3.05) is 26.4 Å². The number of halogens is 1. The lowest BCUT2D eigenvalue weighted by atomic mass is 10.2. The predicted octanol–water partition coefficient (Wildman–Crippen LogP) is 2.58. The highest BCUT2D eigenvalue weighted by atomic mass is 19.1. The lowest BCUT2D eigenvalue weighted by Crippen LogP contribution is -2.31. The standard InChI is InChI=1S/C19H20FNO5/c1-2-24-16-6-8-17(9-7-16)25-10-11-26-18(22)13-21-19(23)14-4-3-5-15(20)12-14/h3-9,12H,2,10-11,13H2,1H3,(H,21,23). The number of carbonyl (C=O) groups excluding carboxylic acids is 2. The van der Waals surface area contributed by atoms with E-state index >= 15 is 0 Å². The third-order valence-corrected chi connectivity index (χ3v) is 3.23. The van der Waals surface area contributed by atoms with Crippen LogP contribution in [0.3, 0.4) is 0 Å². The van der Waals surface area contributed by atoms with Gasteiger partial charge < -0.3 is 19.5 Å². The van der Waals surface area contributed by atoms with E-state index in [0.717, 1.165) is 11.8 Å². The molecule has 2 rings (SSSR count). The molecule has 0 aromatic heterocycles. The zero-order valence-corrected chi connectivity index (χ0v) is 14.4. The zero-order chi connectivity index (χ0) is 18.8. The number of amides is 1. The largest absolute Gasteiger partial charge is 0.494 e. The normalized spacial score (nSPS) is 10.1. The molecule has 0 radical (unpaired) electrons. The van der Waals surface area contributed by atoms with E-state index in [4.69, 9.17) is 14.2 Å². The first-order valence-electron chi connectivity index (χ1n) is 8.13. The van der Waals surface area contributed by atoms with Crippen LogP contribution in [0, 0.1) is 5.82 Å². The lowest BCUT2D eigenvalue weighted by molar-refractivity contribution is -0.143. The summed E-state index contributed by atoms with van der Waals surface area (Å²) in [6, 6.07) is 12.3. The summed E-state index contributed by atoms with van der Waals surface area (Å²) >= 11 is 0. The van der Waals surface area contributed by atoms with Gasteiger partial charge in [0.15, 0.2) is 0 Å². The first-order valence-corrected chi connectivity index (χ1v) is 8.13. The van der Waals surface area contributed by atoms with Crippen LogP contribution in [0.15, 0.2) is 48.5 Å². The third-order valence-electron chi connectivity index (χ3n) is 3.23. The molecular formula is C19H20FNO5. The van der Waals surface area contributed by atoms with E-state index in [1.165, 1.54) is 18.2 Å². The van der Waals surface area contributed by atoms with Crippen LogP contribution in [0.2, 0.25) is 0 Å². The van der Waals surface area contributed by atoms with Crippen molar-refractivity contribution in [1.82, 2.24) is 5.32 Å². The second-order valence-corrected chi connectivity index (χ2v) is 5.17. The molecule has 7 heteroatoms. The van der Waals surface area contributed by atoms with Crippen molar-refractivity contribution in [2.45, 2.75) is 6.92 Å². The number of ether oxygens (including phenoxy) is 3. The Labute approximate surface area is 150 Å². The molecule has 26 heavy (non-hydrogen) atoms. The summed E-state index contributed by atoms with van der Waals surface area (Å²) in [5, 5.41) is 2.37. The molecule has 0 bridgehead atoms. The van der Waals surface area contributed by atoms with Gasteiger partial charge in [0, 0.05) is 5.56 Å². The summed E-state index contributed by atoms with van der Waals surface area (Å²) in [4.78, 5) is 23.4. The molecular weight excluding hydrogens is 341 g/mol. The van der Waals surface area contributed by atoms with Crippen LogP contribution in [0.1, 0.15) is 17.3 Å². The quantitative estimate of drug-likeness (QED) is 0.549. The fraction of sp³-hybridized carbons (Fsp3) is 0.263. The SMILES string of the molecule is CCOc1ccc(OCCOC(=O)CNC(=O)c2cccc(F)c2)cc1. The molecule has 1 N–H and O–H groups in total. The Morgan fingerprint density at radius 3 is 2.35 bits per heavy atom. The summed E-state index contributed by atoms with van der Waals surface area (Å²) in [5.74, 6) is -0.298. The number of rotatable bonds is 9. The number of hydrogen-bond donors (Lipinski definition) is 1. The Kier molecular flexibility index (Phi) is 7.42. The second kappa shape index (κ2) is 10.0. The predicted molar refractivity (Wildman–Crippen MR) is 92.8 cm³/mol. The maximum Gasteiger partial charge on any atom is 0.325 e. The van der Waals surface area contributed by atoms with Gasteiger partial charge in [0.2, 0.25) is 0 Å². The van der Waals surface area contributed by atoms with Crippen molar-refractivity contribution in [3.05, 3.63) is 59.9 Å². The smallest absolute Gasteiger partial charge is 0.325 e. The minimum atomic E-state index is -0.606. The molecule has 6 nitrogen and oxygen atoms in total. The minimum Gasteiger partial charge on any atom is -0.494 e. The van der Waals surface area contributed by atoms with E-state index in [1.54, 1.807) is 24.3 Å². The number of benzene rings is 2. The maximum absolute atomic E-state index is 13.0. The fourth-order valence-electron chi connectivity index (χ4n) is 2.05. The van der Waals surface area contributed by atoms with Crippen molar-refractivity contribution in [1.29, 1.82) is 0 Å². The van der Waals surface area contributed by atoms with Gasteiger partial charge >= 0.3 is 5.97 Å². The van der Waals surface area contributed by atoms with Crippen molar-refractivity contribution < 1.29 is 28.2 Å². The van der Waals surface area contributed by atoms with Gasteiger partial charge in [-0.2, -0.15) is 0 Å². The average Bonchev–Trinajstić information content (AvgIpc) is 2.65. The van der Waals surface area contributed by atoms with E-state index in [-0.39, 0.29) is 25.3 Å². The molecule has 0 saturated carbocycles. The number of hydrogen-bond acceptors (Lipinski definition) is 5. The van der Waals surface area contributed by atoms with Crippen molar-refractivity contribution in [3.8, 4) is 11.5 Å². The Morgan fingerprint density at radius 2 is 1.69 bits per heavy atom. The Balaban J connectivity index is 1.63. The fourth-order valence-corrected chi connectivity index (χ4v) is 2.05. The second-order valence-electron chi connectivity index (χ2n) is 5.17. The van der Waals surface area contributed by atoms with Crippen molar-refractivity contribution >= 4 is 11.9 Å². The number of carbonyl (C=O) groups is 2. The molecule has 2 aromatic carbocycles. The first-order chi connectivity index (χ1) is 12.6. The lowest BCUT2D eigenvalue weighted by Gasteiger charge is -2.09. The monoisotopic (exact) mass is 361 g/mol. The van der Waals surface area contributed by atoms with Gasteiger partial charge in [-0.25, -0.2) is 4.39 Å². The molecule has 0 aliphatic heterocycles. The average molecular weight is 361 g/mol. The summed E-state index contributed by atoms with van der Waals surface area (Å²) in [6.07, 6.45) is 0. The maximum atomic E-state index is 13.0. The van der Waals surface area contributed by atoms with Crippen molar-refractivity contribution in [3.63, 3.8) is 0 Å². The van der Waals surface area contributed by atoms with Gasteiger partial charge in [-0.3, -0.25) is 9.59 Å². The van der Waals surface area contributed by atoms with Crippen LogP contribution in [-0.2, 0) is 9.53 Å². The van der Waals surface area contributed by atoms with Gasteiger partial charge in [0.05, 0.1) is 6.61 Å². The van der Waals surface area contributed by atoms with Crippen molar-refractivity contribution in [2.24, 2.45) is 0 Å². The molecule has 138 valence electrons. The van der Waals surface area contributed by atoms with Gasteiger partial charge in [-0.15, -0.1) is 0 Å². The molecule has 0 aliphatic carbocycles. The molecule has 0 saturated heterocycles. The van der Waals surface area contributed by atoms with E-state index in [2.05, 4.69) is 5.32 Å². The van der Waals surface area contributed by atoms with E-state index in [9.17, 15) is 14.0 Å². The minimum absolute atomic E-state index is 0.0435. The van der Waals surface area contributed by atoms with E-state index in [1.807, 2.05) is 6.92 Å². The van der Waals surface area contributed by atoms with Crippen LogP contribution in [0.25, 0.3) is 0 Å². The van der Waals surface area contributed by atoms with Crippen LogP contribution in [0.5, 0.6) is 11.5 Å². The Bertz CT molecular complexity index is 733. The highest BCUT2D eigenvalue weighted by Gasteiger charge is 2.09. The summed E-state index contributed by atoms with van der Waals surface area (Å²) < 4.78 is 28.8. The number of nitrogens with one attached hydrogen (secondary N) is 1. The zero-order valence-electron chi connectivity index (χ0n) is 14.4. The summed E-state index contributed by atoms with van der Waals surface area (Å²) in [7, 11) is 0. The van der Waals surface area contributed by atoms with Crippen LogP contribution >= 0.6 is 0 Å². The molecule has 0 fully saturated rings. The molecule has 0 heterocycles. The topological polar surface area (TPSA) is 73.9 Å². The van der Waals surface area contributed by atoms with Crippen LogP contribution < -0.4 is 14.8 Å².